The maximum Gasteiger partial charge on any atom is 0.257 e. The molecule has 2 aromatic carbocycles. The van der Waals surface area contributed by atoms with Gasteiger partial charge < -0.3 is 15.8 Å². The van der Waals surface area contributed by atoms with E-state index in [9.17, 15) is 9.90 Å². The first-order valence-corrected chi connectivity index (χ1v) is 10.0. The topological polar surface area (TPSA) is 79.1 Å². The van der Waals surface area contributed by atoms with Crippen LogP contribution in [0.15, 0.2) is 45.9 Å². The number of aromatic nitrogens is 1. The van der Waals surface area contributed by atoms with Crippen LogP contribution in [0.1, 0.15) is 24.0 Å². The van der Waals surface area contributed by atoms with E-state index in [1.807, 2.05) is 17.7 Å². The number of nitrogens with two attached hydrogens (primary N) is 1. The van der Waals surface area contributed by atoms with E-state index in [4.69, 9.17) is 5.73 Å². The summed E-state index contributed by atoms with van der Waals surface area (Å²) < 4.78 is 0. The number of phenolic OH excluding ortho intramolecular Hbond substituents is 1. The third kappa shape index (κ3) is 2.35. The quantitative estimate of drug-likeness (QED) is 0.495. The lowest BCUT2D eigenvalue weighted by Gasteiger charge is -2.16. The summed E-state index contributed by atoms with van der Waals surface area (Å²) in [6.07, 6.45) is 2.27. The molecule has 4 N–H and O–H groups in total. The highest BCUT2D eigenvalue weighted by molar-refractivity contribution is 7.09. The molecule has 0 aliphatic heterocycles. The molecule has 2 heterocycles. The predicted octanol–water partition coefficient (Wildman–Crippen LogP) is 4.41. The van der Waals surface area contributed by atoms with Gasteiger partial charge in [-0.25, -0.2) is 0 Å². The first kappa shape index (κ1) is 16.5. The van der Waals surface area contributed by atoms with Crippen LogP contribution in [0.3, 0.4) is 0 Å². The Hall–Kier alpha value is -2.63. The number of aryl methyl sites for hydroxylation is 1. The lowest BCUT2D eigenvalue weighted by atomic mass is 9.91. The van der Waals surface area contributed by atoms with E-state index in [2.05, 4.69) is 29.2 Å². The Morgan fingerprint density at radius 1 is 1.19 bits per heavy atom. The van der Waals surface area contributed by atoms with E-state index in [1.54, 1.807) is 6.07 Å². The van der Waals surface area contributed by atoms with Crippen LogP contribution in [0.2, 0.25) is 0 Å². The number of aromatic amines is 1. The van der Waals surface area contributed by atoms with Crippen molar-refractivity contribution in [2.45, 2.75) is 25.2 Å². The number of H-pyrrole nitrogens is 1. The second-order valence-corrected chi connectivity index (χ2v) is 8.30. The average molecular weight is 376 g/mol. The molecule has 1 saturated carbocycles. The van der Waals surface area contributed by atoms with Crippen molar-refractivity contribution in [1.82, 2.24) is 4.98 Å². The van der Waals surface area contributed by atoms with Gasteiger partial charge >= 0.3 is 0 Å². The summed E-state index contributed by atoms with van der Waals surface area (Å²) in [5.74, 6) is 0.229. The third-order valence-corrected chi connectivity index (χ3v) is 6.69. The van der Waals surface area contributed by atoms with Gasteiger partial charge in [0.25, 0.3) is 5.56 Å². The average Bonchev–Trinajstić information content (AvgIpc) is 3.31. The molecule has 27 heavy (non-hydrogen) atoms. The van der Waals surface area contributed by atoms with Gasteiger partial charge in [-0.05, 0) is 47.9 Å². The van der Waals surface area contributed by atoms with E-state index in [0.29, 0.717) is 11.9 Å². The molecule has 0 spiro atoms. The zero-order valence-corrected chi connectivity index (χ0v) is 15.8. The standard InChI is InChI=1S/C22H20N2O2S/c1-12-8-17(25)18(13-2-4-14(5-3-13)22(11-23)6-7-22)19-15-9-27-10-16(15)21(26)24-20(12)19/h2-5,8-10,25H,6-7,11,23H2,1H3,(H,24,26). The summed E-state index contributed by atoms with van der Waals surface area (Å²) in [7, 11) is 0. The molecule has 0 atom stereocenters. The van der Waals surface area contributed by atoms with Crippen molar-refractivity contribution >= 4 is 33.0 Å². The Morgan fingerprint density at radius 2 is 1.89 bits per heavy atom. The fourth-order valence-electron chi connectivity index (χ4n) is 4.12. The van der Waals surface area contributed by atoms with Crippen molar-refractivity contribution in [2.24, 2.45) is 5.73 Å². The third-order valence-electron chi connectivity index (χ3n) is 5.95. The highest BCUT2D eigenvalue weighted by atomic mass is 32.1. The minimum atomic E-state index is -0.0903. The van der Waals surface area contributed by atoms with Gasteiger partial charge in [-0.3, -0.25) is 4.79 Å². The Morgan fingerprint density at radius 3 is 2.56 bits per heavy atom. The molecule has 4 nitrogen and oxygen atoms in total. The zero-order chi connectivity index (χ0) is 18.8. The van der Waals surface area contributed by atoms with Crippen molar-refractivity contribution in [1.29, 1.82) is 0 Å². The molecule has 0 bridgehead atoms. The van der Waals surface area contributed by atoms with Gasteiger partial charge in [0.1, 0.15) is 5.75 Å². The van der Waals surface area contributed by atoms with Gasteiger partial charge in [-0.1, -0.05) is 24.3 Å². The number of phenols is 1. The number of hydrogen-bond acceptors (Lipinski definition) is 4. The van der Waals surface area contributed by atoms with Gasteiger partial charge in [-0.15, -0.1) is 0 Å². The number of nitrogens with one attached hydrogen (secondary N) is 1. The van der Waals surface area contributed by atoms with Gasteiger partial charge in [0.05, 0.1) is 10.9 Å². The van der Waals surface area contributed by atoms with Crippen molar-refractivity contribution in [3.8, 4) is 16.9 Å². The normalized spacial score (nSPS) is 15.5. The minimum absolute atomic E-state index is 0.0903. The van der Waals surface area contributed by atoms with E-state index in [0.717, 1.165) is 45.8 Å². The van der Waals surface area contributed by atoms with Crippen LogP contribution in [0.4, 0.5) is 0 Å². The van der Waals surface area contributed by atoms with E-state index >= 15 is 0 Å². The van der Waals surface area contributed by atoms with Crippen LogP contribution in [-0.4, -0.2) is 16.6 Å². The summed E-state index contributed by atoms with van der Waals surface area (Å²) in [5.41, 5.74) is 10.6. The van der Waals surface area contributed by atoms with E-state index in [-0.39, 0.29) is 16.7 Å². The number of rotatable bonds is 3. The highest BCUT2D eigenvalue weighted by Gasteiger charge is 2.42. The van der Waals surface area contributed by atoms with Crippen LogP contribution in [0, 0.1) is 6.92 Å². The smallest absolute Gasteiger partial charge is 0.257 e. The maximum atomic E-state index is 12.4. The molecule has 0 saturated heterocycles. The summed E-state index contributed by atoms with van der Waals surface area (Å²) in [5, 5.41) is 17.1. The molecule has 1 aliphatic rings. The highest BCUT2D eigenvalue weighted by Crippen LogP contribution is 2.48. The zero-order valence-electron chi connectivity index (χ0n) is 15.0. The Labute approximate surface area is 160 Å². The molecule has 4 aromatic rings. The second kappa shape index (κ2) is 5.68. The molecule has 136 valence electrons. The Kier molecular flexibility index (Phi) is 3.48. The summed E-state index contributed by atoms with van der Waals surface area (Å²) >= 11 is 1.50. The molecule has 0 amide bonds. The largest absolute Gasteiger partial charge is 0.507 e. The maximum absolute atomic E-state index is 12.4. The summed E-state index contributed by atoms with van der Waals surface area (Å²) in [4.78, 5) is 15.4. The number of benzene rings is 2. The SMILES string of the molecule is Cc1cc(O)c(-c2ccc(C3(CN)CC3)cc2)c2c1[nH]c(=O)c1cscc12. The minimum Gasteiger partial charge on any atom is -0.507 e. The van der Waals surface area contributed by atoms with E-state index < -0.39 is 0 Å². The lowest BCUT2D eigenvalue weighted by molar-refractivity contribution is 0.477. The van der Waals surface area contributed by atoms with Crippen LogP contribution in [-0.2, 0) is 5.41 Å². The summed E-state index contributed by atoms with van der Waals surface area (Å²) in [6.45, 7) is 2.57. The van der Waals surface area contributed by atoms with Crippen molar-refractivity contribution in [3.63, 3.8) is 0 Å². The molecular weight excluding hydrogens is 356 g/mol. The van der Waals surface area contributed by atoms with Crippen molar-refractivity contribution in [2.75, 3.05) is 6.54 Å². The number of hydrogen-bond donors (Lipinski definition) is 3. The molecule has 5 rings (SSSR count). The monoisotopic (exact) mass is 376 g/mol. The van der Waals surface area contributed by atoms with Crippen molar-refractivity contribution in [3.05, 3.63) is 62.6 Å². The van der Waals surface area contributed by atoms with Crippen LogP contribution < -0.4 is 11.3 Å². The van der Waals surface area contributed by atoms with Gasteiger partial charge in [0, 0.05) is 33.7 Å². The Bertz CT molecular complexity index is 1250. The van der Waals surface area contributed by atoms with Gasteiger partial charge in [-0.2, -0.15) is 11.3 Å². The number of thiophene rings is 1. The fraction of sp³-hybridized carbons (Fsp3) is 0.227. The number of pyridine rings is 1. The molecule has 5 heteroatoms. The second-order valence-electron chi connectivity index (χ2n) is 7.55. The Balaban J connectivity index is 1.80. The first-order chi connectivity index (χ1) is 13.0. The molecule has 0 unspecified atom stereocenters. The molecule has 2 aromatic heterocycles. The molecule has 1 aliphatic carbocycles. The molecular formula is C22H20N2O2S. The first-order valence-electron chi connectivity index (χ1n) is 9.09. The van der Waals surface area contributed by atoms with Gasteiger partial charge in [0.15, 0.2) is 0 Å². The van der Waals surface area contributed by atoms with Crippen molar-refractivity contribution < 1.29 is 5.11 Å². The van der Waals surface area contributed by atoms with Crippen LogP contribution in [0.25, 0.3) is 32.8 Å². The molecule has 1 fully saturated rings. The van der Waals surface area contributed by atoms with Gasteiger partial charge in [0.2, 0.25) is 0 Å². The fourth-order valence-corrected chi connectivity index (χ4v) is 4.94. The van der Waals surface area contributed by atoms with Crippen LogP contribution >= 0.6 is 11.3 Å². The molecule has 0 radical (unpaired) electrons. The number of fused-ring (bicyclic) bond motifs is 3. The number of aromatic hydroxyl groups is 1. The predicted molar refractivity (Wildman–Crippen MR) is 112 cm³/mol. The van der Waals surface area contributed by atoms with Crippen LogP contribution in [0.5, 0.6) is 5.75 Å². The van der Waals surface area contributed by atoms with E-state index in [1.165, 1.54) is 16.9 Å². The lowest BCUT2D eigenvalue weighted by Crippen LogP contribution is -2.19. The summed E-state index contributed by atoms with van der Waals surface area (Å²) in [6, 6.07) is 10.1.